The molecule has 0 aliphatic carbocycles. The number of benzene rings is 1. The Labute approximate surface area is 107 Å². The highest BCUT2D eigenvalue weighted by molar-refractivity contribution is 5.58. The van der Waals surface area contributed by atoms with E-state index in [-0.39, 0.29) is 12.4 Å². The smallest absolute Gasteiger partial charge is 0.155 e. The molecule has 4 heteroatoms. The molecule has 2 atom stereocenters. The largest absolute Gasteiger partial charge is 0.507 e. The Morgan fingerprint density at radius 2 is 1.83 bits per heavy atom. The van der Waals surface area contributed by atoms with E-state index in [9.17, 15) is 15.3 Å². The highest BCUT2D eigenvalue weighted by Gasteiger charge is 2.41. The van der Waals surface area contributed by atoms with Crippen molar-refractivity contribution in [2.24, 2.45) is 0 Å². The van der Waals surface area contributed by atoms with Crippen molar-refractivity contribution in [3.8, 4) is 11.5 Å². The highest BCUT2D eigenvalue weighted by atomic mass is 16.5. The van der Waals surface area contributed by atoms with Gasteiger partial charge in [0.25, 0.3) is 0 Å². The molecule has 1 unspecified atom stereocenters. The van der Waals surface area contributed by atoms with Gasteiger partial charge in [0, 0.05) is 12.0 Å². The summed E-state index contributed by atoms with van der Waals surface area (Å²) >= 11 is 0. The summed E-state index contributed by atoms with van der Waals surface area (Å²) in [5, 5.41) is 29.5. The van der Waals surface area contributed by atoms with Gasteiger partial charge in [0.05, 0.1) is 12.7 Å². The van der Waals surface area contributed by atoms with E-state index >= 15 is 0 Å². The molecule has 1 aliphatic heterocycles. The molecule has 1 aliphatic rings. The molecule has 4 nitrogen and oxygen atoms in total. The summed E-state index contributed by atoms with van der Waals surface area (Å²) in [6, 6.07) is 0. The summed E-state index contributed by atoms with van der Waals surface area (Å²) in [4.78, 5) is 0. The van der Waals surface area contributed by atoms with Gasteiger partial charge >= 0.3 is 0 Å². The van der Waals surface area contributed by atoms with E-state index in [0.717, 1.165) is 22.3 Å². The molecule has 0 saturated carbocycles. The van der Waals surface area contributed by atoms with Crippen molar-refractivity contribution in [1.82, 2.24) is 0 Å². The summed E-state index contributed by atoms with van der Waals surface area (Å²) in [5.41, 5.74) is 2.23. The minimum Gasteiger partial charge on any atom is -0.507 e. The molecule has 0 amide bonds. The number of phenolic OH excluding ortho intramolecular Hbond substituents is 1. The van der Waals surface area contributed by atoms with E-state index in [4.69, 9.17) is 4.74 Å². The third-order valence-electron chi connectivity index (χ3n) is 4.09. The summed E-state index contributed by atoms with van der Waals surface area (Å²) in [6.45, 7) is 6.98. The molecule has 18 heavy (non-hydrogen) atoms. The molecule has 0 saturated heterocycles. The number of aliphatic hydroxyl groups excluding tert-OH is 2. The maximum atomic E-state index is 10.1. The Hall–Kier alpha value is -1.26. The summed E-state index contributed by atoms with van der Waals surface area (Å²) < 4.78 is 5.82. The van der Waals surface area contributed by atoms with E-state index in [2.05, 4.69) is 0 Å². The molecule has 3 N–H and O–H groups in total. The molecule has 1 aromatic carbocycles. The first kappa shape index (κ1) is 13.2. The van der Waals surface area contributed by atoms with Crippen molar-refractivity contribution in [3.63, 3.8) is 0 Å². The lowest BCUT2D eigenvalue weighted by atomic mass is 9.85. The molecule has 2 rings (SSSR count). The van der Waals surface area contributed by atoms with E-state index < -0.39 is 11.7 Å². The van der Waals surface area contributed by atoms with Crippen molar-refractivity contribution in [1.29, 1.82) is 0 Å². The van der Waals surface area contributed by atoms with Crippen molar-refractivity contribution in [2.75, 3.05) is 6.61 Å². The second kappa shape index (κ2) is 4.14. The second-order valence-corrected chi connectivity index (χ2v) is 5.32. The predicted octanol–water partition coefficient (Wildman–Crippen LogP) is 1.36. The first-order chi connectivity index (χ1) is 8.31. The number of aliphatic hydroxyl groups is 2. The van der Waals surface area contributed by atoms with Crippen LogP contribution in [-0.2, 0) is 6.42 Å². The monoisotopic (exact) mass is 252 g/mol. The maximum absolute atomic E-state index is 10.1. The van der Waals surface area contributed by atoms with Crippen LogP contribution in [0.25, 0.3) is 0 Å². The lowest BCUT2D eigenvalue weighted by Crippen LogP contribution is -2.52. The predicted molar refractivity (Wildman–Crippen MR) is 68.1 cm³/mol. The minimum absolute atomic E-state index is 0.244. The van der Waals surface area contributed by atoms with Crippen LogP contribution in [0.4, 0.5) is 0 Å². The van der Waals surface area contributed by atoms with Crippen LogP contribution in [0, 0.1) is 20.8 Å². The van der Waals surface area contributed by atoms with Crippen LogP contribution in [0.15, 0.2) is 0 Å². The molecule has 0 fully saturated rings. The zero-order valence-corrected chi connectivity index (χ0v) is 11.2. The lowest BCUT2D eigenvalue weighted by molar-refractivity contribution is -0.0845. The summed E-state index contributed by atoms with van der Waals surface area (Å²) in [5.74, 6) is 0.944. The Bertz CT molecular complexity index is 495. The van der Waals surface area contributed by atoms with Crippen LogP contribution in [-0.4, -0.2) is 33.6 Å². The van der Waals surface area contributed by atoms with Gasteiger partial charge in [0.1, 0.15) is 11.5 Å². The van der Waals surface area contributed by atoms with Gasteiger partial charge < -0.3 is 20.1 Å². The van der Waals surface area contributed by atoms with E-state index in [1.54, 1.807) is 6.92 Å². The van der Waals surface area contributed by atoms with Crippen molar-refractivity contribution >= 4 is 0 Å². The van der Waals surface area contributed by atoms with Gasteiger partial charge in [0.15, 0.2) is 5.60 Å². The zero-order chi connectivity index (χ0) is 13.7. The average Bonchev–Trinajstić information content (AvgIpc) is 2.36. The van der Waals surface area contributed by atoms with E-state index in [1.807, 2.05) is 20.8 Å². The lowest BCUT2D eigenvalue weighted by Gasteiger charge is -2.40. The Kier molecular flexibility index (Phi) is 3.03. The van der Waals surface area contributed by atoms with Gasteiger partial charge in [-0.3, -0.25) is 0 Å². The molecule has 1 aromatic rings. The fourth-order valence-corrected chi connectivity index (χ4v) is 2.40. The molecule has 0 aromatic heterocycles. The third kappa shape index (κ3) is 1.68. The van der Waals surface area contributed by atoms with E-state index in [1.165, 1.54) is 0 Å². The molecular formula is C14H20O4. The second-order valence-electron chi connectivity index (χ2n) is 5.32. The van der Waals surface area contributed by atoms with Crippen molar-refractivity contribution in [2.45, 2.75) is 45.8 Å². The maximum Gasteiger partial charge on any atom is 0.155 e. The van der Waals surface area contributed by atoms with Gasteiger partial charge in [-0.1, -0.05) is 0 Å². The quantitative estimate of drug-likeness (QED) is 0.706. The average molecular weight is 252 g/mol. The van der Waals surface area contributed by atoms with Crippen LogP contribution in [0.5, 0.6) is 11.5 Å². The first-order valence-corrected chi connectivity index (χ1v) is 6.11. The van der Waals surface area contributed by atoms with Crippen molar-refractivity contribution in [3.05, 3.63) is 22.3 Å². The third-order valence-corrected chi connectivity index (χ3v) is 4.09. The molecular weight excluding hydrogens is 232 g/mol. The SMILES string of the molecule is Cc1c(C)c2c(c(C)c1O)CC(O)[C@](C)(CO)O2. The van der Waals surface area contributed by atoms with Crippen LogP contribution >= 0.6 is 0 Å². The van der Waals surface area contributed by atoms with Crippen LogP contribution in [0.3, 0.4) is 0 Å². The van der Waals surface area contributed by atoms with Gasteiger partial charge in [-0.2, -0.15) is 0 Å². The number of ether oxygens (including phenoxy) is 1. The Morgan fingerprint density at radius 3 is 2.39 bits per heavy atom. The number of aromatic hydroxyl groups is 1. The standard InChI is InChI=1S/C14H20O4/c1-7-8(2)13-10(9(3)12(7)17)5-11(16)14(4,6-15)18-13/h11,15-17H,5-6H2,1-4H3/t11?,14-/m0/s1. The summed E-state index contributed by atoms with van der Waals surface area (Å²) in [7, 11) is 0. The van der Waals surface area contributed by atoms with Crippen LogP contribution in [0.1, 0.15) is 29.2 Å². The number of hydrogen-bond acceptors (Lipinski definition) is 4. The fraction of sp³-hybridized carbons (Fsp3) is 0.571. The zero-order valence-electron chi connectivity index (χ0n) is 11.2. The van der Waals surface area contributed by atoms with Crippen LogP contribution in [0.2, 0.25) is 0 Å². The van der Waals surface area contributed by atoms with Gasteiger partial charge in [0.2, 0.25) is 0 Å². The van der Waals surface area contributed by atoms with E-state index in [0.29, 0.717) is 12.2 Å². The Morgan fingerprint density at radius 1 is 1.22 bits per heavy atom. The number of rotatable bonds is 1. The molecule has 0 bridgehead atoms. The molecule has 100 valence electrons. The minimum atomic E-state index is -0.979. The topological polar surface area (TPSA) is 69.9 Å². The van der Waals surface area contributed by atoms with Gasteiger partial charge in [-0.25, -0.2) is 0 Å². The highest BCUT2D eigenvalue weighted by Crippen LogP contribution is 2.43. The number of fused-ring (bicyclic) bond motifs is 1. The normalized spacial score (nSPS) is 26.7. The number of phenols is 1. The summed E-state index contributed by atoms with van der Waals surface area (Å²) in [6.07, 6.45) is -0.400. The first-order valence-electron chi connectivity index (χ1n) is 6.11. The molecule has 0 spiro atoms. The molecule has 1 heterocycles. The number of hydrogen-bond donors (Lipinski definition) is 3. The van der Waals surface area contributed by atoms with Crippen molar-refractivity contribution < 1.29 is 20.1 Å². The Balaban J connectivity index is 2.63. The molecule has 0 radical (unpaired) electrons. The van der Waals surface area contributed by atoms with Crippen LogP contribution < -0.4 is 4.74 Å². The fourth-order valence-electron chi connectivity index (χ4n) is 2.40. The van der Waals surface area contributed by atoms with Gasteiger partial charge in [-0.15, -0.1) is 0 Å². The van der Waals surface area contributed by atoms with Gasteiger partial charge in [-0.05, 0) is 44.4 Å².